The van der Waals surface area contributed by atoms with Crippen molar-refractivity contribution in [2.75, 3.05) is 50.0 Å². The average molecular weight is 543 g/mol. The lowest BCUT2D eigenvalue weighted by atomic mass is 10.1. The quantitative estimate of drug-likeness (QED) is 0.530. The lowest BCUT2D eigenvalue weighted by Gasteiger charge is -2.34. The highest BCUT2D eigenvalue weighted by Crippen LogP contribution is 2.36. The Morgan fingerprint density at radius 2 is 1.92 bits per heavy atom. The molecule has 204 valence electrons. The minimum absolute atomic E-state index is 0.0445. The summed E-state index contributed by atoms with van der Waals surface area (Å²) in [6.07, 6.45) is -2.32. The van der Waals surface area contributed by atoms with Crippen LogP contribution in [0.1, 0.15) is 44.1 Å². The van der Waals surface area contributed by atoms with Crippen molar-refractivity contribution >= 4 is 34.2 Å². The van der Waals surface area contributed by atoms with Gasteiger partial charge in [0.05, 0.1) is 19.4 Å². The maximum atomic E-state index is 13.0. The number of carbonyl (C=O) groups excluding carboxylic acids is 1. The van der Waals surface area contributed by atoms with E-state index in [4.69, 9.17) is 9.47 Å². The van der Waals surface area contributed by atoms with Gasteiger partial charge in [-0.1, -0.05) is 11.3 Å². The lowest BCUT2D eigenvalue weighted by Crippen LogP contribution is -2.47. The Labute approximate surface area is 218 Å². The highest BCUT2D eigenvalue weighted by atomic mass is 32.1. The Bertz CT molecular complexity index is 1070. The molecule has 1 amide bonds. The zero-order chi connectivity index (χ0) is 26.6. The van der Waals surface area contributed by atoms with Crippen LogP contribution in [-0.4, -0.2) is 76.9 Å². The summed E-state index contributed by atoms with van der Waals surface area (Å²) >= 11 is 0.533. The number of carbonyl (C=O) groups is 1. The summed E-state index contributed by atoms with van der Waals surface area (Å²) in [5.41, 5.74) is 0.379. The zero-order valence-corrected chi connectivity index (χ0v) is 22.0. The third-order valence-electron chi connectivity index (χ3n) is 5.84. The molecule has 0 bridgehead atoms. The number of halogens is 3. The molecule has 13 heteroatoms. The zero-order valence-electron chi connectivity index (χ0n) is 21.2. The van der Waals surface area contributed by atoms with Crippen molar-refractivity contribution in [3.05, 3.63) is 28.8 Å². The number of piperidine rings is 1. The predicted octanol–water partition coefficient (Wildman–Crippen LogP) is 4.94. The van der Waals surface area contributed by atoms with E-state index in [0.29, 0.717) is 55.8 Å². The first-order valence-electron chi connectivity index (χ1n) is 12.3. The van der Waals surface area contributed by atoms with Crippen LogP contribution in [0.3, 0.4) is 0 Å². The average Bonchev–Trinajstić information content (AvgIpc) is 3.28. The minimum atomic E-state index is -4.45. The predicted molar refractivity (Wildman–Crippen MR) is 135 cm³/mol. The molecule has 4 rings (SSSR count). The fourth-order valence-corrected chi connectivity index (χ4v) is 4.89. The van der Waals surface area contributed by atoms with E-state index in [0.717, 1.165) is 37.7 Å². The van der Waals surface area contributed by atoms with Crippen molar-refractivity contribution < 1.29 is 27.4 Å². The number of nitrogens with one attached hydrogen (secondary N) is 2. The van der Waals surface area contributed by atoms with Crippen LogP contribution in [0.2, 0.25) is 0 Å². The molecule has 1 unspecified atom stereocenters. The van der Waals surface area contributed by atoms with E-state index in [-0.39, 0.29) is 17.3 Å². The van der Waals surface area contributed by atoms with E-state index >= 15 is 0 Å². The molecular weight excluding hydrogens is 509 g/mol. The Morgan fingerprint density at radius 3 is 2.59 bits per heavy atom. The minimum Gasteiger partial charge on any atom is -0.444 e. The van der Waals surface area contributed by atoms with Gasteiger partial charge in [-0.3, -0.25) is 4.90 Å². The number of rotatable bonds is 6. The smallest absolute Gasteiger partial charge is 0.427 e. The highest BCUT2D eigenvalue weighted by molar-refractivity contribution is 7.15. The van der Waals surface area contributed by atoms with Crippen molar-refractivity contribution in [3.63, 3.8) is 0 Å². The number of alkyl halides is 3. The topological polar surface area (TPSA) is 91.9 Å². The number of morpholine rings is 1. The second-order valence-corrected chi connectivity index (χ2v) is 11.2. The summed E-state index contributed by atoms with van der Waals surface area (Å²) in [5, 5.41) is 6.47. The summed E-state index contributed by atoms with van der Waals surface area (Å²) < 4.78 is 50.1. The molecule has 2 aromatic rings. The summed E-state index contributed by atoms with van der Waals surface area (Å²) in [6, 6.07) is 3.72. The SMILES string of the molecule is CC(C)(C)OC(=O)N1CCCC(Nc2cc(CN3CCOCC3)cc(Nc3ncc(C(F)(F)F)s3)n2)C1. The molecule has 2 aliphatic heterocycles. The molecular formula is C24H33F3N6O3S. The first-order chi connectivity index (χ1) is 17.4. The second kappa shape index (κ2) is 11.4. The summed E-state index contributed by atoms with van der Waals surface area (Å²) in [5.74, 6) is 0.980. The molecule has 9 nitrogen and oxygen atoms in total. The number of nitrogens with zero attached hydrogens (tertiary/aromatic N) is 4. The normalized spacial score (nSPS) is 19.5. The van der Waals surface area contributed by atoms with Gasteiger partial charge in [-0.25, -0.2) is 14.8 Å². The largest absolute Gasteiger partial charge is 0.444 e. The van der Waals surface area contributed by atoms with Gasteiger partial charge in [-0.05, 0) is 51.3 Å². The Hall–Kier alpha value is -2.64. The molecule has 2 fully saturated rings. The third kappa shape index (κ3) is 8.17. The molecule has 2 aliphatic rings. The van der Waals surface area contributed by atoms with Crippen LogP contribution in [0.5, 0.6) is 0 Å². The first-order valence-corrected chi connectivity index (χ1v) is 13.1. The van der Waals surface area contributed by atoms with Crippen LogP contribution in [0, 0.1) is 0 Å². The summed E-state index contributed by atoms with van der Waals surface area (Å²) in [4.78, 5) is 24.2. The number of hydrogen-bond acceptors (Lipinski definition) is 9. The number of anilines is 3. The van der Waals surface area contributed by atoms with E-state index in [1.807, 2.05) is 32.9 Å². The molecule has 0 aliphatic carbocycles. The second-order valence-electron chi connectivity index (χ2n) is 10.2. The van der Waals surface area contributed by atoms with Crippen LogP contribution in [0.15, 0.2) is 18.3 Å². The van der Waals surface area contributed by atoms with Crippen molar-refractivity contribution in [1.82, 2.24) is 19.8 Å². The standard InChI is InChI=1S/C24H33F3N6O3S/c1-23(2,3)36-22(34)33-6-4-5-17(15-33)29-19-11-16(14-32-7-9-35-10-8-32)12-20(30-19)31-21-28-13-18(37-21)24(25,26)27/h11-13,17H,4-10,14-15H2,1-3H3,(H2,28,29,30,31). The van der Waals surface area contributed by atoms with Crippen molar-refractivity contribution in [2.45, 2.75) is 58.0 Å². The number of aromatic nitrogens is 2. The van der Waals surface area contributed by atoms with Gasteiger partial charge in [-0.2, -0.15) is 13.2 Å². The fraction of sp³-hybridized carbons (Fsp3) is 0.625. The highest BCUT2D eigenvalue weighted by Gasteiger charge is 2.33. The van der Waals surface area contributed by atoms with Crippen LogP contribution >= 0.6 is 11.3 Å². The third-order valence-corrected chi connectivity index (χ3v) is 6.80. The van der Waals surface area contributed by atoms with Gasteiger partial charge in [0.25, 0.3) is 0 Å². The summed E-state index contributed by atoms with van der Waals surface area (Å²) in [6.45, 7) is 10.1. The van der Waals surface area contributed by atoms with Gasteiger partial charge in [0.1, 0.15) is 22.1 Å². The molecule has 0 radical (unpaired) electrons. The first kappa shape index (κ1) is 27.4. The van der Waals surface area contributed by atoms with Crippen LogP contribution < -0.4 is 10.6 Å². The lowest BCUT2D eigenvalue weighted by molar-refractivity contribution is -0.134. The fourth-order valence-electron chi connectivity index (χ4n) is 4.20. The molecule has 37 heavy (non-hydrogen) atoms. The van der Waals surface area contributed by atoms with E-state index in [1.54, 1.807) is 4.90 Å². The Morgan fingerprint density at radius 1 is 1.19 bits per heavy atom. The molecule has 0 saturated carbocycles. The number of thiazole rings is 1. The van der Waals surface area contributed by atoms with Gasteiger partial charge in [0.2, 0.25) is 0 Å². The van der Waals surface area contributed by atoms with Crippen LogP contribution in [0.25, 0.3) is 0 Å². The molecule has 0 aromatic carbocycles. The van der Waals surface area contributed by atoms with Gasteiger partial charge in [0, 0.05) is 38.8 Å². The van der Waals surface area contributed by atoms with Crippen molar-refractivity contribution in [2.24, 2.45) is 0 Å². The van der Waals surface area contributed by atoms with E-state index in [9.17, 15) is 18.0 Å². The van der Waals surface area contributed by atoms with E-state index in [1.165, 1.54) is 0 Å². The monoisotopic (exact) mass is 542 g/mol. The van der Waals surface area contributed by atoms with Gasteiger partial charge >= 0.3 is 12.3 Å². The Kier molecular flexibility index (Phi) is 8.44. The van der Waals surface area contributed by atoms with Crippen LogP contribution in [0.4, 0.5) is 34.7 Å². The number of ether oxygens (including phenoxy) is 2. The Balaban J connectivity index is 1.50. The van der Waals surface area contributed by atoms with Crippen LogP contribution in [-0.2, 0) is 22.2 Å². The molecule has 0 spiro atoms. The molecule has 2 aromatic heterocycles. The van der Waals surface area contributed by atoms with Gasteiger partial charge < -0.3 is 25.0 Å². The molecule has 1 atom stereocenters. The molecule has 4 heterocycles. The molecule has 2 N–H and O–H groups in total. The van der Waals surface area contributed by atoms with Gasteiger partial charge in [0.15, 0.2) is 5.13 Å². The maximum absolute atomic E-state index is 13.0. The van der Waals surface area contributed by atoms with Crippen molar-refractivity contribution in [1.29, 1.82) is 0 Å². The number of likely N-dealkylation sites (tertiary alicyclic amines) is 1. The summed E-state index contributed by atoms with van der Waals surface area (Å²) in [7, 11) is 0. The number of pyridine rings is 1. The number of amides is 1. The maximum Gasteiger partial charge on any atom is 0.427 e. The van der Waals surface area contributed by atoms with E-state index < -0.39 is 16.7 Å². The number of hydrogen-bond donors (Lipinski definition) is 2. The van der Waals surface area contributed by atoms with Gasteiger partial charge in [-0.15, -0.1) is 0 Å². The molecule has 2 saturated heterocycles. The van der Waals surface area contributed by atoms with Crippen molar-refractivity contribution in [3.8, 4) is 0 Å². The van der Waals surface area contributed by atoms with E-state index in [2.05, 4.69) is 25.5 Å².